The Bertz CT molecular complexity index is 274. The zero-order chi connectivity index (χ0) is 12.1. The van der Waals surface area contributed by atoms with Crippen LogP contribution in [0.15, 0.2) is 5.16 Å². The van der Waals surface area contributed by atoms with Crippen LogP contribution >= 0.6 is 0 Å². The zero-order valence-electron chi connectivity index (χ0n) is 9.94. The van der Waals surface area contributed by atoms with Gasteiger partial charge in [0.2, 0.25) is 5.91 Å². The van der Waals surface area contributed by atoms with Crippen molar-refractivity contribution in [1.82, 2.24) is 5.32 Å². The standard InChI is InChI=1S/C11H21N3O2/c1-3-4-9(10(12)14-16)11(15)13-7(2)8-5-6-8/h7-9,16H,3-6H2,1-2H3,(H2,12,14)(H,13,15). The van der Waals surface area contributed by atoms with Crippen LogP contribution in [0.25, 0.3) is 0 Å². The van der Waals surface area contributed by atoms with E-state index in [1.807, 2.05) is 13.8 Å². The van der Waals surface area contributed by atoms with E-state index >= 15 is 0 Å². The highest BCUT2D eigenvalue weighted by atomic mass is 16.4. The van der Waals surface area contributed by atoms with Crippen LogP contribution in [0, 0.1) is 11.8 Å². The largest absolute Gasteiger partial charge is 0.409 e. The topological polar surface area (TPSA) is 87.7 Å². The van der Waals surface area contributed by atoms with Crippen LogP contribution < -0.4 is 11.1 Å². The number of nitrogens with two attached hydrogens (primary N) is 1. The first kappa shape index (κ1) is 12.8. The fourth-order valence-corrected chi connectivity index (χ4v) is 1.81. The fraction of sp³-hybridized carbons (Fsp3) is 0.818. The molecule has 4 N–H and O–H groups in total. The number of amidine groups is 1. The number of rotatable bonds is 6. The van der Waals surface area contributed by atoms with Gasteiger partial charge in [-0.1, -0.05) is 18.5 Å². The van der Waals surface area contributed by atoms with E-state index in [2.05, 4.69) is 10.5 Å². The highest BCUT2D eigenvalue weighted by molar-refractivity contribution is 6.02. The van der Waals surface area contributed by atoms with Gasteiger partial charge in [0, 0.05) is 6.04 Å². The van der Waals surface area contributed by atoms with Gasteiger partial charge in [0.25, 0.3) is 0 Å². The lowest BCUT2D eigenvalue weighted by molar-refractivity contribution is -0.124. The molecule has 0 aliphatic heterocycles. The first-order valence-corrected chi connectivity index (χ1v) is 5.87. The number of carbonyl (C=O) groups excluding carboxylic acids is 1. The molecule has 2 atom stereocenters. The van der Waals surface area contributed by atoms with Gasteiger partial charge in [-0.15, -0.1) is 0 Å². The number of hydrogen-bond acceptors (Lipinski definition) is 3. The third-order valence-corrected chi connectivity index (χ3v) is 3.07. The lowest BCUT2D eigenvalue weighted by Crippen LogP contribution is -2.43. The Hall–Kier alpha value is -1.26. The summed E-state index contributed by atoms with van der Waals surface area (Å²) in [6, 6.07) is 0.193. The van der Waals surface area contributed by atoms with Gasteiger partial charge in [0.05, 0.1) is 5.92 Å². The molecular formula is C11H21N3O2. The maximum absolute atomic E-state index is 11.9. The van der Waals surface area contributed by atoms with E-state index < -0.39 is 5.92 Å². The third-order valence-electron chi connectivity index (χ3n) is 3.07. The Labute approximate surface area is 96.1 Å². The molecule has 1 aliphatic carbocycles. The second-order valence-electron chi connectivity index (χ2n) is 4.50. The van der Waals surface area contributed by atoms with Crippen molar-refractivity contribution in [3.8, 4) is 0 Å². The van der Waals surface area contributed by atoms with Crippen molar-refractivity contribution in [2.45, 2.75) is 45.6 Å². The monoisotopic (exact) mass is 227 g/mol. The molecule has 1 fully saturated rings. The number of amides is 1. The molecule has 0 aromatic heterocycles. The Balaban J connectivity index is 2.52. The minimum Gasteiger partial charge on any atom is -0.409 e. The molecule has 2 unspecified atom stereocenters. The van der Waals surface area contributed by atoms with E-state index in [0.717, 1.165) is 6.42 Å². The molecule has 92 valence electrons. The molecular weight excluding hydrogens is 206 g/mol. The molecule has 1 saturated carbocycles. The lowest BCUT2D eigenvalue weighted by atomic mass is 10.0. The van der Waals surface area contributed by atoms with E-state index in [-0.39, 0.29) is 17.8 Å². The molecule has 5 heteroatoms. The maximum atomic E-state index is 11.9. The van der Waals surface area contributed by atoms with Crippen molar-refractivity contribution in [2.75, 3.05) is 0 Å². The average Bonchev–Trinajstić information content (AvgIpc) is 3.08. The third kappa shape index (κ3) is 3.40. The predicted molar refractivity (Wildman–Crippen MR) is 62.1 cm³/mol. The van der Waals surface area contributed by atoms with Crippen LogP contribution in [-0.2, 0) is 4.79 Å². The van der Waals surface area contributed by atoms with Gasteiger partial charge >= 0.3 is 0 Å². The summed E-state index contributed by atoms with van der Waals surface area (Å²) in [6.45, 7) is 3.97. The molecule has 0 saturated heterocycles. The van der Waals surface area contributed by atoms with Crippen LogP contribution in [0.5, 0.6) is 0 Å². The van der Waals surface area contributed by atoms with Gasteiger partial charge in [0.15, 0.2) is 5.84 Å². The highest BCUT2D eigenvalue weighted by Crippen LogP contribution is 2.32. The molecule has 5 nitrogen and oxygen atoms in total. The van der Waals surface area contributed by atoms with Crippen molar-refractivity contribution < 1.29 is 10.0 Å². The smallest absolute Gasteiger partial charge is 0.231 e. The Morgan fingerprint density at radius 1 is 1.62 bits per heavy atom. The van der Waals surface area contributed by atoms with Crippen LogP contribution in [0.1, 0.15) is 39.5 Å². The molecule has 0 aromatic carbocycles. The number of oxime groups is 1. The van der Waals surface area contributed by atoms with E-state index in [0.29, 0.717) is 12.3 Å². The van der Waals surface area contributed by atoms with E-state index in [1.54, 1.807) is 0 Å². The molecule has 16 heavy (non-hydrogen) atoms. The minimum atomic E-state index is -0.504. The van der Waals surface area contributed by atoms with Gasteiger partial charge < -0.3 is 16.3 Å². The average molecular weight is 227 g/mol. The summed E-state index contributed by atoms with van der Waals surface area (Å²) in [5, 5.41) is 14.5. The van der Waals surface area contributed by atoms with Crippen LogP contribution in [0.4, 0.5) is 0 Å². The normalized spacial score (nSPS) is 20.2. The second kappa shape index (κ2) is 5.72. The molecule has 1 rings (SSSR count). The summed E-state index contributed by atoms with van der Waals surface area (Å²) >= 11 is 0. The van der Waals surface area contributed by atoms with Crippen molar-refractivity contribution in [1.29, 1.82) is 0 Å². The van der Waals surface area contributed by atoms with Gasteiger partial charge in [-0.05, 0) is 32.1 Å². The van der Waals surface area contributed by atoms with Crippen LogP contribution in [0.3, 0.4) is 0 Å². The van der Waals surface area contributed by atoms with Crippen LogP contribution in [0.2, 0.25) is 0 Å². The Morgan fingerprint density at radius 3 is 2.69 bits per heavy atom. The number of nitrogens with zero attached hydrogens (tertiary/aromatic N) is 1. The van der Waals surface area contributed by atoms with Gasteiger partial charge in [-0.3, -0.25) is 4.79 Å². The highest BCUT2D eigenvalue weighted by Gasteiger charge is 2.31. The quantitative estimate of drug-likeness (QED) is 0.274. The Kier molecular flexibility index (Phi) is 4.58. The molecule has 0 radical (unpaired) electrons. The summed E-state index contributed by atoms with van der Waals surface area (Å²) in [4.78, 5) is 11.9. The summed E-state index contributed by atoms with van der Waals surface area (Å²) in [5.41, 5.74) is 5.51. The molecule has 0 bridgehead atoms. The number of hydrogen-bond donors (Lipinski definition) is 3. The molecule has 0 heterocycles. The summed E-state index contributed by atoms with van der Waals surface area (Å²) < 4.78 is 0. The van der Waals surface area contributed by atoms with Crippen molar-refractivity contribution in [2.24, 2.45) is 22.7 Å². The van der Waals surface area contributed by atoms with Crippen molar-refractivity contribution in [3.05, 3.63) is 0 Å². The van der Waals surface area contributed by atoms with Gasteiger partial charge in [-0.2, -0.15) is 0 Å². The summed E-state index contributed by atoms with van der Waals surface area (Å²) in [7, 11) is 0. The summed E-state index contributed by atoms with van der Waals surface area (Å²) in [5.74, 6) is -0.0198. The first-order chi connectivity index (χ1) is 7.60. The zero-order valence-corrected chi connectivity index (χ0v) is 9.94. The van der Waals surface area contributed by atoms with Gasteiger partial charge in [0.1, 0.15) is 0 Å². The molecule has 0 aromatic rings. The lowest BCUT2D eigenvalue weighted by Gasteiger charge is -2.18. The molecule has 0 spiro atoms. The van der Waals surface area contributed by atoms with E-state index in [4.69, 9.17) is 10.9 Å². The predicted octanol–water partition coefficient (Wildman–Crippen LogP) is 1.06. The summed E-state index contributed by atoms with van der Waals surface area (Å²) in [6.07, 6.45) is 3.80. The molecule has 1 aliphatic rings. The maximum Gasteiger partial charge on any atom is 0.231 e. The van der Waals surface area contributed by atoms with E-state index in [9.17, 15) is 4.79 Å². The van der Waals surface area contributed by atoms with Gasteiger partial charge in [-0.25, -0.2) is 0 Å². The second-order valence-corrected chi connectivity index (χ2v) is 4.50. The number of nitrogens with one attached hydrogen (secondary N) is 1. The minimum absolute atomic E-state index is 0.00217. The van der Waals surface area contributed by atoms with Crippen molar-refractivity contribution >= 4 is 11.7 Å². The van der Waals surface area contributed by atoms with Crippen molar-refractivity contribution in [3.63, 3.8) is 0 Å². The number of carbonyl (C=O) groups is 1. The van der Waals surface area contributed by atoms with E-state index in [1.165, 1.54) is 12.8 Å². The van der Waals surface area contributed by atoms with Crippen LogP contribution in [-0.4, -0.2) is 23.0 Å². The first-order valence-electron chi connectivity index (χ1n) is 5.87. The SMILES string of the molecule is CCCC(C(=O)NC(C)C1CC1)C(N)=NO. The molecule has 1 amide bonds. The Morgan fingerprint density at radius 2 is 2.25 bits per heavy atom. The fourth-order valence-electron chi connectivity index (χ4n) is 1.81.